The second-order valence-corrected chi connectivity index (χ2v) is 5.98. The molecule has 1 aromatic carbocycles. The molecule has 2 heterocycles. The predicted molar refractivity (Wildman–Crippen MR) is 90.0 cm³/mol. The quantitative estimate of drug-likeness (QED) is 0.821. The Kier molecular flexibility index (Phi) is 5.55. The van der Waals surface area contributed by atoms with Crippen LogP contribution in [0.5, 0.6) is 0 Å². The monoisotopic (exact) mass is 329 g/mol. The molecule has 1 aromatic heterocycles. The number of nitrogens with one attached hydrogen (secondary N) is 1. The standard InChI is InChI=1S/C17H23N5O2/c23-11-14-5-3-4-9-21(14)10-8-19-17(24)15-6-1-2-7-16(15)22-13-18-12-20-22/h1-2,6-7,12-14,23H,3-5,8-11H2,(H,19,24)/t14-/m0/s1. The molecular weight excluding hydrogens is 306 g/mol. The summed E-state index contributed by atoms with van der Waals surface area (Å²) in [6.07, 6.45) is 6.37. The number of benzene rings is 1. The largest absolute Gasteiger partial charge is 0.395 e. The van der Waals surface area contributed by atoms with Crippen LogP contribution in [0.3, 0.4) is 0 Å². The van der Waals surface area contributed by atoms with Crippen LogP contribution >= 0.6 is 0 Å². The average Bonchev–Trinajstić information content (AvgIpc) is 3.16. The number of aliphatic hydroxyl groups excluding tert-OH is 1. The molecule has 2 N–H and O–H groups in total. The number of hydrogen-bond donors (Lipinski definition) is 2. The Bertz CT molecular complexity index is 659. The first-order chi connectivity index (χ1) is 11.8. The van der Waals surface area contributed by atoms with E-state index in [0.717, 1.165) is 25.9 Å². The highest BCUT2D eigenvalue weighted by molar-refractivity contribution is 5.97. The van der Waals surface area contributed by atoms with Gasteiger partial charge >= 0.3 is 0 Å². The van der Waals surface area contributed by atoms with E-state index in [0.29, 0.717) is 17.8 Å². The van der Waals surface area contributed by atoms with Crippen molar-refractivity contribution in [2.24, 2.45) is 0 Å². The predicted octanol–water partition coefficient (Wildman–Crippen LogP) is 0.844. The minimum Gasteiger partial charge on any atom is -0.395 e. The number of carbonyl (C=O) groups is 1. The van der Waals surface area contributed by atoms with Gasteiger partial charge in [-0.2, -0.15) is 5.10 Å². The van der Waals surface area contributed by atoms with Gasteiger partial charge < -0.3 is 10.4 Å². The smallest absolute Gasteiger partial charge is 0.253 e. The van der Waals surface area contributed by atoms with Crippen molar-refractivity contribution < 1.29 is 9.90 Å². The molecule has 0 radical (unpaired) electrons. The number of amides is 1. The van der Waals surface area contributed by atoms with Crippen LogP contribution in [-0.4, -0.2) is 63.0 Å². The van der Waals surface area contributed by atoms with Crippen molar-refractivity contribution in [2.45, 2.75) is 25.3 Å². The van der Waals surface area contributed by atoms with E-state index in [-0.39, 0.29) is 18.6 Å². The Morgan fingerprint density at radius 3 is 3.00 bits per heavy atom. The zero-order chi connectivity index (χ0) is 16.8. The van der Waals surface area contributed by atoms with Crippen molar-refractivity contribution >= 4 is 5.91 Å². The number of carbonyl (C=O) groups excluding carboxylic acids is 1. The molecule has 0 unspecified atom stereocenters. The Morgan fingerprint density at radius 1 is 1.33 bits per heavy atom. The third-order valence-electron chi connectivity index (χ3n) is 4.46. The highest BCUT2D eigenvalue weighted by Crippen LogP contribution is 2.16. The van der Waals surface area contributed by atoms with E-state index in [4.69, 9.17) is 0 Å². The number of rotatable bonds is 6. The molecule has 0 bridgehead atoms. The molecule has 0 aliphatic carbocycles. The van der Waals surface area contributed by atoms with Crippen molar-refractivity contribution in [3.8, 4) is 5.69 Å². The van der Waals surface area contributed by atoms with Gasteiger partial charge in [-0.25, -0.2) is 9.67 Å². The summed E-state index contributed by atoms with van der Waals surface area (Å²) >= 11 is 0. The fourth-order valence-corrected chi connectivity index (χ4v) is 3.17. The molecule has 0 saturated carbocycles. The van der Waals surface area contributed by atoms with Crippen LogP contribution in [0.25, 0.3) is 5.69 Å². The van der Waals surface area contributed by atoms with Crippen molar-refractivity contribution in [3.05, 3.63) is 42.5 Å². The number of piperidine rings is 1. The molecule has 1 atom stereocenters. The third-order valence-corrected chi connectivity index (χ3v) is 4.46. The van der Waals surface area contributed by atoms with E-state index in [9.17, 15) is 9.90 Å². The van der Waals surface area contributed by atoms with E-state index >= 15 is 0 Å². The van der Waals surface area contributed by atoms with Gasteiger partial charge in [-0.1, -0.05) is 18.6 Å². The van der Waals surface area contributed by atoms with Gasteiger partial charge in [-0.15, -0.1) is 0 Å². The maximum atomic E-state index is 12.5. The Hall–Kier alpha value is -2.25. The van der Waals surface area contributed by atoms with Gasteiger partial charge in [0.25, 0.3) is 5.91 Å². The summed E-state index contributed by atoms with van der Waals surface area (Å²) in [6, 6.07) is 7.55. The molecule has 7 heteroatoms. The lowest BCUT2D eigenvalue weighted by Gasteiger charge is -2.34. The lowest BCUT2D eigenvalue weighted by molar-refractivity contribution is 0.0849. The molecular formula is C17H23N5O2. The van der Waals surface area contributed by atoms with Crippen molar-refractivity contribution in [3.63, 3.8) is 0 Å². The van der Waals surface area contributed by atoms with Gasteiger partial charge in [-0.3, -0.25) is 9.69 Å². The fourth-order valence-electron chi connectivity index (χ4n) is 3.17. The van der Waals surface area contributed by atoms with E-state index in [1.165, 1.54) is 12.7 Å². The fraction of sp³-hybridized carbons (Fsp3) is 0.471. The Morgan fingerprint density at radius 2 is 2.21 bits per heavy atom. The minimum atomic E-state index is -0.126. The van der Waals surface area contributed by atoms with Gasteiger partial charge in [0.1, 0.15) is 12.7 Å². The van der Waals surface area contributed by atoms with Crippen LogP contribution < -0.4 is 5.32 Å². The highest BCUT2D eigenvalue weighted by atomic mass is 16.3. The molecule has 2 aromatic rings. The van der Waals surface area contributed by atoms with Gasteiger partial charge in [0.05, 0.1) is 17.9 Å². The van der Waals surface area contributed by atoms with E-state index in [1.54, 1.807) is 17.1 Å². The number of aromatic nitrogens is 3. The number of para-hydroxylation sites is 1. The first-order valence-corrected chi connectivity index (χ1v) is 8.36. The summed E-state index contributed by atoms with van der Waals surface area (Å²) in [4.78, 5) is 18.7. The van der Waals surface area contributed by atoms with Crippen LogP contribution in [0.15, 0.2) is 36.9 Å². The number of nitrogens with zero attached hydrogens (tertiary/aromatic N) is 4. The summed E-state index contributed by atoms with van der Waals surface area (Å²) in [5, 5.41) is 16.5. The summed E-state index contributed by atoms with van der Waals surface area (Å²) in [6.45, 7) is 2.48. The molecule has 1 amide bonds. The maximum Gasteiger partial charge on any atom is 0.253 e. The number of hydrogen-bond acceptors (Lipinski definition) is 5. The minimum absolute atomic E-state index is 0.126. The van der Waals surface area contributed by atoms with E-state index in [1.807, 2.05) is 18.2 Å². The van der Waals surface area contributed by atoms with Crippen molar-refractivity contribution in [1.29, 1.82) is 0 Å². The van der Waals surface area contributed by atoms with Gasteiger partial charge in [0.15, 0.2) is 0 Å². The molecule has 0 spiro atoms. The molecule has 3 rings (SSSR count). The van der Waals surface area contributed by atoms with Crippen LogP contribution in [0, 0.1) is 0 Å². The molecule has 24 heavy (non-hydrogen) atoms. The normalized spacial score (nSPS) is 18.5. The lowest BCUT2D eigenvalue weighted by atomic mass is 10.0. The van der Waals surface area contributed by atoms with Gasteiger partial charge in [-0.05, 0) is 31.5 Å². The van der Waals surface area contributed by atoms with Gasteiger partial charge in [0, 0.05) is 19.1 Å². The summed E-state index contributed by atoms with van der Waals surface area (Å²) < 4.78 is 1.58. The Balaban J connectivity index is 1.60. The molecule has 1 fully saturated rings. The molecule has 128 valence electrons. The maximum absolute atomic E-state index is 12.5. The van der Waals surface area contributed by atoms with Crippen molar-refractivity contribution in [1.82, 2.24) is 25.0 Å². The van der Waals surface area contributed by atoms with Crippen LogP contribution in [0.4, 0.5) is 0 Å². The average molecular weight is 329 g/mol. The molecule has 1 aliphatic heterocycles. The second-order valence-electron chi connectivity index (χ2n) is 5.98. The molecule has 1 aliphatic rings. The van der Waals surface area contributed by atoms with Crippen LogP contribution in [-0.2, 0) is 0 Å². The van der Waals surface area contributed by atoms with Crippen molar-refractivity contribution in [2.75, 3.05) is 26.2 Å². The van der Waals surface area contributed by atoms with Gasteiger partial charge in [0.2, 0.25) is 0 Å². The van der Waals surface area contributed by atoms with Crippen LogP contribution in [0.1, 0.15) is 29.6 Å². The topological polar surface area (TPSA) is 83.3 Å². The molecule has 1 saturated heterocycles. The highest BCUT2D eigenvalue weighted by Gasteiger charge is 2.21. The van der Waals surface area contributed by atoms with E-state index < -0.39 is 0 Å². The summed E-state index contributed by atoms with van der Waals surface area (Å²) in [5.74, 6) is -0.126. The lowest BCUT2D eigenvalue weighted by Crippen LogP contribution is -2.45. The number of likely N-dealkylation sites (tertiary alicyclic amines) is 1. The second kappa shape index (κ2) is 8.03. The Labute approximate surface area is 141 Å². The zero-order valence-corrected chi connectivity index (χ0v) is 13.6. The molecule has 7 nitrogen and oxygen atoms in total. The number of aliphatic hydroxyl groups is 1. The first-order valence-electron chi connectivity index (χ1n) is 8.36. The zero-order valence-electron chi connectivity index (χ0n) is 13.6. The third kappa shape index (κ3) is 3.80. The summed E-state index contributed by atoms with van der Waals surface area (Å²) in [5.41, 5.74) is 1.28. The summed E-state index contributed by atoms with van der Waals surface area (Å²) in [7, 11) is 0. The SMILES string of the molecule is O=C(NCCN1CCCC[C@H]1CO)c1ccccc1-n1cncn1. The van der Waals surface area contributed by atoms with Crippen LogP contribution in [0.2, 0.25) is 0 Å². The van der Waals surface area contributed by atoms with E-state index in [2.05, 4.69) is 20.3 Å². The first kappa shape index (κ1) is 16.6.